The Balaban J connectivity index is 1.73. The maximum atomic E-state index is 12.0. The first-order chi connectivity index (χ1) is 15.4. The van der Waals surface area contributed by atoms with Crippen molar-refractivity contribution in [3.63, 3.8) is 0 Å². The van der Waals surface area contributed by atoms with Gasteiger partial charge in [0.15, 0.2) is 5.78 Å². The molecule has 2 aromatic rings. The maximum absolute atomic E-state index is 12.0. The predicted octanol–water partition coefficient (Wildman–Crippen LogP) is 4.54. The minimum absolute atomic E-state index is 0.0463. The summed E-state index contributed by atoms with van der Waals surface area (Å²) >= 11 is 0. The number of hydrogen-bond donors (Lipinski definition) is 0. The second kappa shape index (κ2) is 10.7. The fourth-order valence-electron chi connectivity index (χ4n) is 3.83. The average Bonchev–Trinajstić information content (AvgIpc) is 2.80. The van der Waals surface area contributed by atoms with E-state index in [1.807, 2.05) is 4.90 Å². The number of rotatable bonds is 9. The third-order valence-electron chi connectivity index (χ3n) is 5.57. The molecule has 1 aromatic carbocycles. The number of anilines is 1. The van der Waals surface area contributed by atoms with Crippen LogP contribution in [0.2, 0.25) is 0 Å². The lowest BCUT2D eigenvalue weighted by atomic mass is 9.92. The molecule has 0 spiro atoms. The number of esters is 1. The van der Waals surface area contributed by atoms with Gasteiger partial charge in [-0.25, -0.2) is 0 Å². The molecule has 3 rings (SSSR count). The summed E-state index contributed by atoms with van der Waals surface area (Å²) in [5, 5.41) is 11.5. The van der Waals surface area contributed by atoms with Crippen LogP contribution in [0.4, 0.5) is 11.5 Å². The lowest BCUT2D eigenvalue weighted by Gasteiger charge is -2.32. The van der Waals surface area contributed by atoms with Gasteiger partial charge in [-0.1, -0.05) is 19.8 Å². The van der Waals surface area contributed by atoms with Crippen molar-refractivity contribution in [1.29, 1.82) is 0 Å². The fraction of sp³-hybridized carbons (Fsp3) is 0.435. The molecule has 2 heterocycles. The van der Waals surface area contributed by atoms with Crippen molar-refractivity contribution in [3.8, 4) is 11.6 Å². The highest BCUT2D eigenvalue weighted by Gasteiger charge is 2.26. The van der Waals surface area contributed by atoms with Gasteiger partial charge in [-0.2, -0.15) is 4.98 Å². The first kappa shape index (κ1) is 23.2. The molecule has 1 fully saturated rings. The van der Waals surface area contributed by atoms with E-state index in [1.54, 1.807) is 24.3 Å². The number of aromatic nitrogens is 1. The van der Waals surface area contributed by atoms with Crippen molar-refractivity contribution >= 4 is 23.3 Å². The number of nitrogens with zero attached hydrogens (tertiary/aromatic N) is 3. The zero-order valence-corrected chi connectivity index (χ0v) is 18.3. The molecule has 0 atom stereocenters. The van der Waals surface area contributed by atoms with Crippen LogP contribution in [0.1, 0.15) is 49.4 Å². The maximum Gasteiger partial charge on any atom is 0.313 e. The van der Waals surface area contributed by atoms with Crippen LogP contribution >= 0.6 is 0 Å². The number of benzene rings is 1. The first-order valence-electron chi connectivity index (χ1n) is 10.7. The number of hydrogen-bond acceptors (Lipinski definition) is 8. The van der Waals surface area contributed by atoms with Crippen LogP contribution in [0.5, 0.6) is 11.6 Å². The number of carbonyl (C=O) groups excluding carboxylic acids is 2. The molecule has 32 heavy (non-hydrogen) atoms. The topological polar surface area (TPSA) is 112 Å². The van der Waals surface area contributed by atoms with E-state index in [0.717, 1.165) is 32.4 Å². The van der Waals surface area contributed by atoms with Crippen LogP contribution < -0.4 is 9.64 Å². The van der Waals surface area contributed by atoms with Gasteiger partial charge >= 0.3 is 11.7 Å². The second-order valence-corrected chi connectivity index (χ2v) is 7.77. The Morgan fingerprint density at radius 2 is 1.84 bits per heavy atom. The smallest absolute Gasteiger partial charge is 0.313 e. The van der Waals surface area contributed by atoms with E-state index in [4.69, 9.17) is 4.74 Å². The minimum atomic E-state index is -0.600. The first-order valence-corrected chi connectivity index (χ1v) is 10.7. The molecule has 0 unspecified atom stereocenters. The number of nitro groups is 1. The van der Waals surface area contributed by atoms with Gasteiger partial charge in [0.2, 0.25) is 11.7 Å². The summed E-state index contributed by atoms with van der Waals surface area (Å²) in [4.78, 5) is 40.8. The Hall–Kier alpha value is -3.49. The van der Waals surface area contributed by atoms with Gasteiger partial charge in [-0.05, 0) is 43.0 Å². The lowest BCUT2D eigenvalue weighted by molar-refractivity contribution is -0.384. The number of ketones is 1. The zero-order valence-electron chi connectivity index (χ0n) is 18.3. The number of pyridine rings is 1. The zero-order chi connectivity index (χ0) is 23.1. The third-order valence-corrected chi connectivity index (χ3v) is 5.57. The molecule has 1 aliphatic heterocycles. The van der Waals surface area contributed by atoms with Crippen LogP contribution in [-0.2, 0) is 9.53 Å². The highest BCUT2D eigenvalue weighted by atomic mass is 16.6. The number of methoxy groups -OCH3 is 1. The van der Waals surface area contributed by atoms with E-state index in [-0.39, 0.29) is 23.8 Å². The van der Waals surface area contributed by atoms with Crippen LogP contribution in [-0.4, -0.2) is 41.9 Å². The molecule has 1 saturated heterocycles. The largest absolute Gasteiger partial charge is 0.469 e. The van der Waals surface area contributed by atoms with Crippen LogP contribution in [0.25, 0.3) is 0 Å². The Morgan fingerprint density at radius 1 is 1.16 bits per heavy atom. The normalized spacial score (nSPS) is 14.1. The van der Waals surface area contributed by atoms with E-state index in [2.05, 4.69) is 16.6 Å². The average molecular weight is 441 g/mol. The van der Waals surface area contributed by atoms with Gasteiger partial charge in [0.1, 0.15) is 12.2 Å². The highest BCUT2D eigenvalue weighted by molar-refractivity contribution is 6.05. The quantitative estimate of drug-likeness (QED) is 0.183. The highest BCUT2D eigenvalue weighted by Crippen LogP contribution is 2.33. The molecule has 1 aromatic heterocycles. The summed E-state index contributed by atoms with van der Waals surface area (Å²) in [5.74, 6) is 0.660. The predicted molar refractivity (Wildman–Crippen MR) is 118 cm³/mol. The van der Waals surface area contributed by atoms with Crippen LogP contribution in [0.3, 0.4) is 0 Å². The van der Waals surface area contributed by atoms with Crippen molar-refractivity contribution in [2.45, 2.75) is 39.0 Å². The molecule has 0 aliphatic carbocycles. The number of carbonyl (C=O) groups is 2. The molecule has 0 bridgehead atoms. The Kier molecular flexibility index (Phi) is 7.75. The molecule has 9 nitrogen and oxygen atoms in total. The Morgan fingerprint density at radius 3 is 2.44 bits per heavy atom. The van der Waals surface area contributed by atoms with E-state index < -0.39 is 10.9 Å². The minimum Gasteiger partial charge on any atom is -0.469 e. The van der Waals surface area contributed by atoms with Gasteiger partial charge in [0.05, 0.1) is 12.0 Å². The Bertz CT molecular complexity index is 968. The van der Waals surface area contributed by atoms with Crippen LogP contribution in [0, 0.1) is 16.0 Å². The second-order valence-electron chi connectivity index (χ2n) is 7.77. The van der Waals surface area contributed by atoms with E-state index in [1.165, 1.54) is 25.7 Å². The van der Waals surface area contributed by atoms with Crippen LogP contribution in [0.15, 0.2) is 36.4 Å². The third kappa shape index (κ3) is 5.81. The fourth-order valence-corrected chi connectivity index (χ4v) is 3.83. The molecule has 1 aliphatic rings. The van der Waals surface area contributed by atoms with Gasteiger partial charge < -0.3 is 14.4 Å². The molecule has 9 heteroatoms. The Labute approximate surface area is 186 Å². The van der Waals surface area contributed by atoms with E-state index in [0.29, 0.717) is 23.0 Å². The van der Waals surface area contributed by atoms with Gasteiger partial charge in [0, 0.05) is 30.8 Å². The summed E-state index contributed by atoms with van der Waals surface area (Å²) in [7, 11) is 1.23. The molecular weight excluding hydrogens is 414 g/mol. The van der Waals surface area contributed by atoms with E-state index >= 15 is 0 Å². The van der Waals surface area contributed by atoms with E-state index in [9.17, 15) is 19.7 Å². The summed E-state index contributed by atoms with van der Waals surface area (Å²) < 4.78 is 10.3. The number of ether oxygens (including phenoxy) is 2. The van der Waals surface area contributed by atoms with Gasteiger partial charge in [-0.15, -0.1) is 0 Å². The summed E-state index contributed by atoms with van der Waals surface area (Å²) in [6.07, 6.45) is 3.95. The van der Waals surface area contributed by atoms with Crippen molar-refractivity contribution in [1.82, 2.24) is 4.98 Å². The van der Waals surface area contributed by atoms with Gasteiger partial charge in [0.25, 0.3) is 0 Å². The lowest BCUT2D eigenvalue weighted by Crippen LogP contribution is -2.34. The standard InChI is InChI=1S/C23H27N3O6/c1-3-4-16-11-13-25(14-12-16)23-19(26(29)30)9-10-21(24-23)32-18-7-5-17(6-8-18)20(27)15-22(28)31-2/h5-10,16H,3-4,11-15H2,1-2H3. The molecule has 170 valence electrons. The monoisotopic (exact) mass is 441 g/mol. The summed E-state index contributed by atoms with van der Waals surface area (Å²) in [5.41, 5.74) is 0.310. The van der Waals surface area contributed by atoms with Crippen molar-refractivity contribution in [2.24, 2.45) is 5.92 Å². The van der Waals surface area contributed by atoms with Crippen molar-refractivity contribution in [3.05, 3.63) is 52.1 Å². The summed E-state index contributed by atoms with van der Waals surface area (Å²) in [6.45, 7) is 3.61. The summed E-state index contributed by atoms with van der Waals surface area (Å²) in [6, 6.07) is 9.13. The van der Waals surface area contributed by atoms with Crippen molar-refractivity contribution < 1.29 is 24.0 Å². The SMILES string of the molecule is CCCC1CCN(c2nc(Oc3ccc(C(=O)CC(=O)OC)cc3)ccc2[N+](=O)[O-])CC1. The van der Waals surface area contributed by atoms with Crippen molar-refractivity contribution in [2.75, 3.05) is 25.1 Å². The number of piperidine rings is 1. The molecule has 0 N–H and O–H groups in total. The molecule has 0 radical (unpaired) electrons. The molecule has 0 saturated carbocycles. The van der Waals surface area contributed by atoms with Gasteiger partial charge in [-0.3, -0.25) is 19.7 Å². The number of Topliss-reactive ketones (excluding diaryl/α,β-unsaturated/α-hetero) is 1. The molecule has 0 amide bonds. The molecular formula is C23H27N3O6.